The van der Waals surface area contributed by atoms with Gasteiger partial charge in [-0.05, 0) is 39.3 Å². The Hall–Kier alpha value is -0.970. The van der Waals surface area contributed by atoms with Crippen molar-refractivity contribution in [2.75, 3.05) is 44.8 Å². The fourth-order valence-corrected chi connectivity index (χ4v) is 2.57. The molecule has 1 aliphatic heterocycles. The number of rotatable bonds is 5. The van der Waals surface area contributed by atoms with Crippen LogP contribution in [0.3, 0.4) is 0 Å². The molecule has 0 aromatic heterocycles. The summed E-state index contributed by atoms with van der Waals surface area (Å²) in [6.45, 7) is 11.7. The number of anilines is 1. The zero-order valence-corrected chi connectivity index (χ0v) is 14.6. The Morgan fingerprint density at radius 2 is 2.09 bits per heavy atom. The molecule has 1 heterocycles. The quantitative estimate of drug-likeness (QED) is 0.895. The van der Waals surface area contributed by atoms with Crippen LogP contribution in [0.5, 0.6) is 5.75 Å². The first kappa shape index (κ1) is 17.4. The zero-order chi connectivity index (χ0) is 16.0. The molecule has 1 aromatic carbocycles. The number of halogens is 1. The van der Waals surface area contributed by atoms with Crippen LogP contribution < -0.4 is 10.1 Å². The summed E-state index contributed by atoms with van der Waals surface area (Å²) in [6, 6.07) is 5.77. The molecule has 0 spiro atoms. The van der Waals surface area contributed by atoms with E-state index in [1.165, 1.54) is 0 Å². The first-order chi connectivity index (χ1) is 10.4. The Bertz CT molecular complexity index is 466. The molecule has 0 aliphatic carbocycles. The summed E-state index contributed by atoms with van der Waals surface area (Å²) in [7, 11) is 0. The van der Waals surface area contributed by atoms with E-state index < -0.39 is 0 Å². The summed E-state index contributed by atoms with van der Waals surface area (Å²) in [5.74, 6) is 0.849. The van der Waals surface area contributed by atoms with Gasteiger partial charge in [-0.1, -0.05) is 11.6 Å². The van der Waals surface area contributed by atoms with E-state index in [0.29, 0.717) is 11.6 Å². The normalized spacial score (nSPS) is 17.1. The van der Waals surface area contributed by atoms with E-state index in [-0.39, 0.29) is 5.54 Å². The molecule has 22 heavy (non-hydrogen) atoms. The maximum Gasteiger partial charge on any atom is 0.121 e. The van der Waals surface area contributed by atoms with Crippen molar-refractivity contribution in [2.45, 2.75) is 32.7 Å². The topological polar surface area (TPSA) is 33.7 Å². The first-order valence-corrected chi connectivity index (χ1v) is 8.32. The van der Waals surface area contributed by atoms with Gasteiger partial charge in [0.2, 0.25) is 0 Å². The van der Waals surface area contributed by atoms with Crippen molar-refractivity contribution in [1.29, 1.82) is 0 Å². The summed E-state index contributed by atoms with van der Waals surface area (Å²) in [4.78, 5) is 2.39. The van der Waals surface area contributed by atoms with Crippen molar-refractivity contribution >= 4 is 17.3 Å². The highest BCUT2D eigenvalue weighted by Crippen LogP contribution is 2.29. The van der Waals surface area contributed by atoms with Crippen LogP contribution in [0, 0.1) is 0 Å². The molecule has 5 heteroatoms. The van der Waals surface area contributed by atoms with Crippen LogP contribution in [0.15, 0.2) is 18.2 Å². The molecule has 1 N–H and O–H groups in total. The van der Waals surface area contributed by atoms with Gasteiger partial charge in [0.25, 0.3) is 0 Å². The van der Waals surface area contributed by atoms with Crippen LogP contribution in [0.1, 0.15) is 27.2 Å². The lowest BCUT2D eigenvalue weighted by molar-refractivity contribution is 0.137. The highest BCUT2D eigenvalue weighted by Gasteiger charge is 2.13. The van der Waals surface area contributed by atoms with Gasteiger partial charge >= 0.3 is 0 Å². The zero-order valence-electron chi connectivity index (χ0n) is 13.8. The molecule has 124 valence electrons. The standard InChI is InChI=1S/C17H27ClN2O2/c1-17(2,3)19-16-13-14(5-6-15(16)18)22-12-9-20-7-4-10-21-11-8-20/h5-6,13,19H,4,7-12H2,1-3H3. The minimum absolute atomic E-state index is 0.0334. The minimum Gasteiger partial charge on any atom is -0.492 e. The van der Waals surface area contributed by atoms with Crippen LogP contribution in [-0.2, 0) is 4.74 Å². The van der Waals surface area contributed by atoms with Gasteiger partial charge < -0.3 is 14.8 Å². The third-order valence-electron chi connectivity index (χ3n) is 3.44. The van der Waals surface area contributed by atoms with Crippen molar-refractivity contribution in [1.82, 2.24) is 4.90 Å². The number of nitrogens with one attached hydrogen (secondary N) is 1. The van der Waals surface area contributed by atoms with Crippen LogP contribution in [0.2, 0.25) is 5.02 Å². The Balaban J connectivity index is 1.85. The predicted molar refractivity (Wildman–Crippen MR) is 92.2 cm³/mol. The van der Waals surface area contributed by atoms with Gasteiger partial charge in [-0.2, -0.15) is 0 Å². The molecule has 0 radical (unpaired) electrons. The molecule has 0 bridgehead atoms. The van der Waals surface area contributed by atoms with Crippen LogP contribution in [-0.4, -0.2) is 49.9 Å². The second-order valence-electron chi connectivity index (χ2n) is 6.67. The third kappa shape index (κ3) is 6.03. The summed E-state index contributed by atoms with van der Waals surface area (Å²) in [5.41, 5.74) is 0.878. The van der Waals surface area contributed by atoms with E-state index in [0.717, 1.165) is 50.7 Å². The van der Waals surface area contributed by atoms with Crippen LogP contribution in [0.25, 0.3) is 0 Å². The number of hydrogen-bond acceptors (Lipinski definition) is 4. The molecule has 1 fully saturated rings. The Morgan fingerprint density at radius 3 is 2.86 bits per heavy atom. The minimum atomic E-state index is -0.0334. The molecular weight excluding hydrogens is 300 g/mol. The van der Waals surface area contributed by atoms with Crippen molar-refractivity contribution in [3.05, 3.63) is 23.2 Å². The molecule has 0 unspecified atom stereocenters. The van der Waals surface area contributed by atoms with E-state index in [2.05, 4.69) is 31.0 Å². The number of benzene rings is 1. The van der Waals surface area contributed by atoms with Crippen LogP contribution >= 0.6 is 11.6 Å². The largest absolute Gasteiger partial charge is 0.492 e. The van der Waals surface area contributed by atoms with Crippen molar-refractivity contribution < 1.29 is 9.47 Å². The number of nitrogens with zero attached hydrogens (tertiary/aromatic N) is 1. The van der Waals surface area contributed by atoms with E-state index in [9.17, 15) is 0 Å². The van der Waals surface area contributed by atoms with Crippen molar-refractivity contribution in [3.63, 3.8) is 0 Å². The maximum atomic E-state index is 6.24. The fourth-order valence-electron chi connectivity index (χ4n) is 2.41. The van der Waals surface area contributed by atoms with Gasteiger partial charge in [0.15, 0.2) is 0 Å². The van der Waals surface area contributed by atoms with E-state index in [1.807, 2.05) is 18.2 Å². The van der Waals surface area contributed by atoms with Gasteiger partial charge in [-0.15, -0.1) is 0 Å². The molecule has 1 aliphatic rings. The lowest BCUT2D eigenvalue weighted by atomic mass is 10.1. The van der Waals surface area contributed by atoms with E-state index in [4.69, 9.17) is 21.1 Å². The molecular formula is C17H27ClN2O2. The molecule has 0 atom stereocenters. The SMILES string of the molecule is CC(C)(C)Nc1cc(OCCN2CCCOCC2)ccc1Cl. The smallest absolute Gasteiger partial charge is 0.121 e. The molecule has 1 saturated heterocycles. The fraction of sp³-hybridized carbons (Fsp3) is 0.647. The van der Waals surface area contributed by atoms with Gasteiger partial charge in [-0.25, -0.2) is 0 Å². The summed E-state index contributed by atoms with van der Waals surface area (Å²) < 4.78 is 11.3. The van der Waals surface area contributed by atoms with Gasteiger partial charge in [0, 0.05) is 37.8 Å². The average Bonchev–Trinajstić information content (AvgIpc) is 2.69. The van der Waals surface area contributed by atoms with Gasteiger partial charge in [-0.3, -0.25) is 4.90 Å². The Labute approximate surface area is 138 Å². The van der Waals surface area contributed by atoms with Crippen molar-refractivity contribution in [3.8, 4) is 5.75 Å². The summed E-state index contributed by atoms with van der Waals surface area (Å²) in [5, 5.41) is 4.11. The maximum absolute atomic E-state index is 6.24. The lowest BCUT2D eigenvalue weighted by Gasteiger charge is -2.23. The molecule has 0 saturated carbocycles. The first-order valence-electron chi connectivity index (χ1n) is 7.95. The molecule has 1 aromatic rings. The Kier molecular flexibility index (Phi) is 6.36. The van der Waals surface area contributed by atoms with E-state index >= 15 is 0 Å². The number of ether oxygens (including phenoxy) is 2. The molecule has 0 amide bonds. The molecule has 4 nitrogen and oxygen atoms in total. The predicted octanol–water partition coefficient (Wildman–Crippen LogP) is 3.65. The highest BCUT2D eigenvalue weighted by molar-refractivity contribution is 6.33. The van der Waals surface area contributed by atoms with E-state index in [1.54, 1.807) is 0 Å². The van der Waals surface area contributed by atoms with Gasteiger partial charge in [0.05, 0.1) is 17.3 Å². The number of hydrogen-bond donors (Lipinski definition) is 1. The monoisotopic (exact) mass is 326 g/mol. The second-order valence-corrected chi connectivity index (χ2v) is 7.08. The van der Waals surface area contributed by atoms with Crippen molar-refractivity contribution in [2.24, 2.45) is 0 Å². The highest BCUT2D eigenvalue weighted by atomic mass is 35.5. The average molecular weight is 327 g/mol. The van der Waals surface area contributed by atoms with Crippen LogP contribution in [0.4, 0.5) is 5.69 Å². The Morgan fingerprint density at radius 1 is 1.27 bits per heavy atom. The summed E-state index contributed by atoms with van der Waals surface area (Å²) >= 11 is 6.24. The molecule has 2 rings (SSSR count). The summed E-state index contributed by atoms with van der Waals surface area (Å²) in [6.07, 6.45) is 1.10. The third-order valence-corrected chi connectivity index (χ3v) is 3.77. The lowest BCUT2D eigenvalue weighted by Crippen LogP contribution is -2.30. The van der Waals surface area contributed by atoms with Gasteiger partial charge in [0.1, 0.15) is 12.4 Å². The second kappa shape index (κ2) is 8.04.